The first kappa shape index (κ1) is 15.8. The van der Waals surface area contributed by atoms with E-state index in [2.05, 4.69) is 5.32 Å². The van der Waals surface area contributed by atoms with Crippen LogP contribution in [0, 0.1) is 0 Å². The van der Waals surface area contributed by atoms with Gasteiger partial charge in [0.2, 0.25) is 0 Å². The van der Waals surface area contributed by atoms with Crippen molar-refractivity contribution in [1.82, 2.24) is 5.32 Å². The van der Waals surface area contributed by atoms with Gasteiger partial charge in [0, 0.05) is 24.8 Å². The smallest absolute Gasteiger partial charge is 0.331 e. The van der Waals surface area contributed by atoms with E-state index in [0.29, 0.717) is 11.3 Å². The Labute approximate surface area is 134 Å². The predicted molar refractivity (Wildman–Crippen MR) is 82.3 cm³/mol. The second-order valence-corrected chi connectivity index (χ2v) is 6.95. The molecule has 3 rings (SSSR count). The molecular formula is C17H21NO5. The summed E-state index contributed by atoms with van der Waals surface area (Å²) in [7, 11) is 1.27. The van der Waals surface area contributed by atoms with Crippen LogP contribution in [-0.2, 0) is 16.0 Å². The van der Waals surface area contributed by atoms with E-state index in [-0.39, 0.29) is 24.3 Å². The molecule has 1 aromatic rings. The highest BCUT2D eigenvalue weighted by Crippen LogP contribution is 2.36. The standard InChI is InChI=1S/C17H21NO5/c1-16(2)7-11-5-4-10(6-13(11)23-16)14(20)18-17(15(21)22-3)8-12(19)9-17/h4-6,12,19H,7-9H2,1-3H3,(H,18,20). The van der Waals surface area contributed by atoms with E-state index in [1.165, 1.54) is 7.11 Å². The summed E-state index contributed by atoms with van der Waals surface area (Å²) in [5, 5.41) is 12.2. The van der Waals surface area contributed by atoms with E-state index >= 15 is 0 Å². The molecule has 0 spiro atoms. The van der Waals surface area contributed by atoms with Crippen molar-refractivity contribution in [3.05, 3.63) is 29.3 Å². The van der Waals surface area contributed by atoms with Crippen LogP contribution in [0.1, 0.15) is 42.6 Å². The van der Waals surface area contributed by atoms with Crippen molar-refractivity contribution in [3.8, 4) is 5.75 Å². The van der Waals surface area contributed by atoms with Gasteiger partial charge >= 0.3 is 5.97 Å². The van der Waals surface area contributed by atoms with Gasteiger partial charge in [0.1, 0.15) is 16.9 Å². The van der Waals surface area contributed by atoms with Gasteiger partial charge in [-0.25, -0.2) is 4.79 Å². The molecule has 0 bridgehead atoms. The summed E-state index contributed by atoms with van der Waals surface area (Å²) >= 11 is 0. The number of nitrogens with one attached hydrogen (secondary N) is 1. The Morgan fingerprint density at radius 3 is 2.65 bits per heavy atom. The zero-order chi connectivity index (χ0) is 16.8. The van der Waals surface area contributed by atoms with Crippen LogP contribution in [0.25, 0.3) is 0 Å². The van der Waals surface area contributed by atoms with Crippen LogP contribution in [0.2, 0.25) is 0 Å². The number of methoxy groups -OCH3 is 1. The lowest BCUT2D eigenvalue weighted by Gasteiger charge is -2.42. The number of ether oxygens (including phenoxy) is 2. The third-order valence-corrected chi connectivity index (χ3v) is 4.43. The molecule has 1 aromatic carbocycles. The van der Waals surface area contributed by atoms with E-state index in [9.17, 15) is 14.7 Å². The lowest BCUT2D eigenvalue weighted by Crippen LogP contribution is -2.64. The number of hydrogen-bond donors (Lipinski definition) is 2. The van der Waals surface area contributed by atoms with E-state index in [1.54, 1.807) is 12.1 Å². The number of hydrogen-bond acceptors (Lipinski definition) is 5. The molecule has 0 saturated heterocycles. The zero-order valence-corrected chi connectivity index (χ0v) is 13.5. The van der Waals surface area contributed by atoms with Crippen LogP contribution >= 0.6 is 0 Å². The summed E-state index contributed by atoms with van der Waals surface area (Å²) < 4.78 is 10.6. The number of aliphatic hydroxyl groups excluding tert-OH is 1. The number of rotatable bonds is 3. The quantitative estimate of drug-likeness (QED) is 0.818. The highest BCUT2D eigenvalue weighted by molar-refractivity contribution is 5.99. The van der Waals surface area contributed by atoms with Crippen molar-refractivity contribution < 1.29 is 24.2 Å². The van der Waals surface area contributed by atoms with Crippen molar-refractivity contribution in [2.24, 2.45) is 0 Å². The Balaban J connectivity index is 1.78. The Morgan fingerprint density at radius 1 is 1.35 bits per heavy atom. The van der Waals surface area contributed by atoms with Crippen molar-refractivity contribution in [2.75, 3.05) is 7.11 Å². The van der Waals surface area contributed by atoms with Gasteiger partial charge in [-0.2, -0.15) is 0 Å². The van der Waals surface area contributed by atoms with E-state index < -0.39 is 17.6 Å². The van der Waals surface area contributed by atoms with Gasteiger partial charge in [0.25, 0.3) is 5.91 Å². The highest BCUT2D eigenvalue weighted by Gasteiger charge is 2.52. The summed E-state index contributed by atoms with van der Waals surface area (Å²) in [6.45, 7) is 3.99. The molecule has 1 amide bonds. The fourth-order valence-electron chi connectivity index (χ4n) is 3.28. The Bertz CT molecular complexity index is 661. The molecule has 0 aromatic heterocycles. The largest absolute Gasteiger partial charge is 0.487 e. The summed E-state index contributed by atoms with van der Waals surface area (Å²) in [5.41, 5.74) is 0.0760. The monoisotopic (exact) mass is 319 g/mol. The molecule has 6 heteroatoms. The molecule has 1 heterocycles. The number of benzene rings is 1. The number of fused-ring (bicyclic) bond motifs is 1. The molecule has 1 saturated carbocycles. The van der Waals surface area contributed by atoms with Gasteiger partial charge in [-0.05, 0) is 31.5 Å². The molecule has 0 unspecified atom stereocenters. The summed E-state index contributed by atoms with van der Waals surface area (Å²) in [5.74, 6) is -0.212. The number of amides is 1. The topological polar surface area (TPSA) is 84.9 Å². The molecule has 23 heavy (non-hydrogen) atoms. The van der Waals surface area contributed by atoms with Gasteiger partial charge in [-0.3, -0.25) is 4.79 Å². The first-order valence-corrected chi connectivity index (χ1v) is 7.66. The number of aliphatic hydroxyl groups is 1. The lowest BCUT2D eigenvalue weighted by atomic mass is 9.74. The third-order valence-electron chi connectivity index (χ3n) is 4.43. The molecule has 0 atom stereocenters. The van der Waals surface area contributed by atoms with Gasteiger partial charge in [-0.1, -0.05) is 6.07 Å². The van der Waals surface area contributed by atoms with Crippen LogP contribution in [0.3, 0.4) is 0 Å². The second kappa shape index (κ2) is 5.23. The van der Waals surface area contributed by atoms with Gasteiger partial charge in [0.15, 0.2) is 0 Å². The summed E-state index contributed by atoms with van der Waals surface area (Å²) in [6, 6.07) is 5.29. The molecule has 1 fully saturated rings. The Morgan fingerprint density at radius 2 is 2.04 bits per heavy atom. The molecule has 0 radical (unpaired) electrons. The maximum atomic E-state index is 12.5. The van der Waals surface area contributed by atoms with Crippen molar-refractivity contribution in [1.29, 1.82) is 0 Å². The third kappa shape index (κ3) is 2.79. The van der Waals surface area contributed by atoms with E-state index in [1.807, 2.05) is 19.9 Å². The maximum absolute atomic E-state index is 12.5. The van der Waals surface area contributed by atoms with E-state index in [0.717, 1.165) is 12.0 Å². The van der Waals surface area contributed by atoms with Gasteiger partial charge in [0.05, 0.1) is 13.2 Å². The first-order valence-electron chi connectivity index (χ1n) is 7.66. The minimum atomic E-state index is -1.13. The SMILES string of the molecule is COC(=O)C1(NC(=O)c2ccc3c(c2)OC(C)(C)C3)CC(O)C1. The zero-order valence-electron chi connectivity index (χ0n) is 13.5. The lowest BCUT2D eigenvalue weighted by molar-refractivity contribution is -0.157. The molecule has 1 aliphatic carbocycles. The van der Waals surface area contributed by atoms with Crippen LogP contribution in [-0.4, -0.2) is 41.3 Å². The molecule has 6 nitrogen and oxygen atoms in total. The molecule has 1 aliphatic heterocycles. The summed E-state index contributed by atoms with van der Waals surface area (Å²) in [4.78, 5) is 24.4. The summed E-state index contributed by atoms with van der Waals surface area (Å²) in [6.07, 6.45) is 0.529. The van der Waals surface area contributed by atoms with Crippen molar-refractivity contribution >= 4 is 11.9 Å². The predicted octanol–water partition coefficient (Wildman–Crippen LogP) is 1.20. The minimum Gasteiger partial charge on any atom is -0.487 e. The molecular weight excluding hydrogens is 298 g/mol. The van der Waals surface area contributed by atoms with Crippen LogP contribution in [0.4, 0.5) is 0 Å². The fraction of sp³-hybridized carbons (Fsp3) is 0.529. The molecule has 2 N–H and O–H groups in total. The van der Waals surface area contributed by atoms with Gasteiger partial charge in [-0.15, -0.1) is 0 Å². The number of esters is 1. The number of carbonyl (C=O) groups is 2. The second-order valence-electron chi connectivity index (χ2n) is 6.95. The Hall–Kier alpha value is -2.08. The average Bonchev–Trinajstić information content (AvgIpc) is 2.76. The highest BCUT2D eigenvalue weighted by atomic mass is 16.5. The van der Waals surface area contributed by atoms with Crippen molar-refractivity contribution in [3.63, 3.8) is 0 Å². The van der Waals surface area contributed by atoms with Crippen LogP contribution < -0.4 is 10.1 Å². The first-order chi connectivity index (χ1) is 10.7. The minimum absolute atomic E-state index is 0.167. The fourth-order valence-corrected chi connectivity index (χ4v) is 3.28. The number of carbonyl (C=O) groups excluding carboxylic acids is 2. The molecule has 2 aliphatic rings. The average molecular weight is 319 g/mol. The van der Waals surface area contributed by atoms with Gasteiger partial charge < -0.3 is 19.9 Å². The van der Waals surface area contributed by atoms with Crippen LogP contribution in [0.5, 0.6) is 5.75 Å². The van der Waals surface area contributed by atoms with E-state index in [4.69, 9.17) is 9.47 Å². The molecule has 124 valence electrons. The van der Waals surface area contributed by atoms with Crippen molar-refractivity contribution in [2.45, 2.75) is 50.4 Å². The Kier molecular flexibility index (Phi) is 3.59. The maximum Gasteiger partial charge on any atom is 0.331 e. The normalized spacial score (nSPS) is 27.4. The van der Waals surface area contributed by atoms with Crippen LogP contribution in [0.15, 0.2) is 18.2 Å².